The number of benzene rings is 1. The molecule has 0 aliphatic carbocycles. The third-order valence-corrected chi connectivity index (χ3v) is 5.51. The van der Waals surface area contributed by atoms with Crippen LogP contribution >= 0.6 is 24.0 Å². The Bertz CT molecular complexity index is 627. The first kappa shape index (κ1) is 23.2. The van der Waals surface area contributed by atoms with Crippen LogP contribution in [0.25, 0.3) is 0 Å². The summed E-state index contributed by atoms with van der Waals surface area (Å²) in [5.41, 5.74) is 0.966. The van der Waals surface area contributed by atoms with Gasteiger partial charge in [-0.1, -0.05) is 6.07 Å². The van der Waals surface area contributed by atoms with E-state index in [4.69, 9.17) is 4.99 Å². The fourth-order valence-electron chi connectivity index (χ4n) is 4.16. The zero-order valence-electron chi connectivity index (χ0n) is 17.2. The van der Waals surface area contributed by atoms with Gasteiger partial charge >= 0.3 is 0 Å². The molecule has 2 unspecified atom stereocenters. The Balaban J connectivity index is 0.00000280. The van der Waals surface area contributed by atoms with E-state index in [1.54, 1.807) is 12.1 Å². The van der Waals surface area contributed by atoms with E-state index in [0.717, 1.165) is 57.2 Å². The molecule has 3 rings (SSSR count). The maximum atomic E-state index is 13.6. The summed E-state index contributed by atoms with van der Waals surface area (Å²) in [5.74, 6) is 1.39. The predicted octanol–water partition coefficient (Wildman–Crippen LogP) is 3.31. The number of guanidine groups is 1. The van der Waals surface area contributed by atoms with Crippen LogP contribution in [0.5, 0.6) is 0 Å². The minimum atomic E-state index is -0.171. The Morgan fingerprint density at radius 3 is 2.79 bits per heavy atom. The van der Waals surface area contributed by atoms with Crippen molar-refractivity contribution in [2.24, 2.45) is 10.9 Å². The first-order valence-electron chi connectivity index (χ1n) is 10.4. The second-order valence-corrected chi connectivity index (χ2v) is 7.90. The van der Waals surface area contributed by atoms with Crippen LogP contribution in [0.3, 0.4) is 0 Å². The SMILES string of the molecule is CCNC(=NCC1CCCN(C)C1)NC1CCCN(c2cccc(F)c2)C1.I. The van der Waals surface area contributed by atoms with Gasteiger partial charge in [-0.15, -0.1) is 24.0 Å². The molecule has 0 radical (unpaired) electrons. The van der Waals surface area contributed by atoms with Crippen LogP contribution in [0.4, 0.5) is 10.1 Å². The van der Waals surface area contributed by atoms with E-state index in [0.29, 0.717) is 12.0 Å². The summed E-state index contributed by atoms with van der Waals surface area (Å²) in [6.07, 6.45) is 4.75. The topological polar surface area (TPSA) is 42.9 Å². The van der Waals surface area contributed by atoms with Crippen molar-refractivity contribution in [3.05, 3.63) is 30.1 Å². The number of nitrogens with zero attached hydrogens (tertiary/aromatic N) is 3. The average molecular weight is 503 g/mol. The molecule has 2 aliphatic heterocycles. The maximum Gasteiger partial charge on any atom is 0.191 e. The van der Waals surface area contributed by atoms with Crippen molar-refractivity contribution in [2.75, 3.05) is 51.2 Å². The number of aliphatic imine (C=N–C) groups is 1. The van der Waals surface area contributed by atoms with E-state index < -0.39 is 0 Å². The number of nitrogens with one attached hydrogen (secondary N) is 2. The van der Waals surface area contributed by atoms with Gasteiger partial charge in [-0.05, 0) is 70.3 Å². The van der Waals surface area contributed by atoms with Gasteiger partial charge in [0.05, 0.1) is 0 Å². The van der Waals surface area contributed by atoms with Gasteiger partial charge in [0.1, 0.15) is 5.82 Å². The van der Waals surface area contributed by atoms with Crippen molar-refractivity contribution in [1.29, 1.82) is 0 Å². The minimum absolute atomic E-state index is 0. The van der Waals surface area contributed by atoms with E-state index in [1.807, 2.05) is 6.07 Å². The van der Waals surface area contributed by atoms with Crippen molar-refractivity contribution in [2.45, 2.75) is 38.6 Å². The van der Waals surface area contributed by atoms with E-state index in [2.05, 4.69) is 34.4 Å². The third kappa shape index (κ3) is 7.06. The minimum Gasteiger partial charge on any atom is -0.369 e. The van der Waals surface area contributed by atoms with E-state index in [-0.39, 0.29) is 29.8 Å². The Morgan fingerprint density at radius 2 is 2.04 bits per heavy atom. The number of hydrogen-bond donors (Lipinski definition) is 2. The van der Waals surface area contributed by atoms with Crippen molar-refractivity contribution in [3.63, 3.8) is 0 Å². The molecule has 7 heteroatoms. The van der Waals surface area contributed by atoms with Gasteiger partial charge in [0, 0.05) is 44.5 Å². The first-order valence-corrected chi connectivity index (χ1v) is 10.4. The predicted molar refractivity (Wildman–Crippen MR) is 126 cm³/mol. The number of hydrogen-bond acceptors (Lipinski definition) is 3. The summed E-state index contributed by atoms with van der Waals surface area (Å²) in [4.78, 5) is 9.54. The second kappa shape index (κ2) is 11.8. The maximum absolute atomic E-state index is 13.6. The summed E-state index contributed by atoms with van der Waals surface area (Å²) in [5, 5.41) is 7.00. The van der Waals surface area contributed by atoms with Gasteiger partial charge in [-0.2, -0.15) is 0 Å². The number of piperidine rings is 2. The molecule has 5 nitrogen and oxygen atoms in total. The highest BCUT2D eigenvalue weighted by atomic mass is 127. The molecule has 158 valence electrons. The van der Waals surface area contributed by atoms with Gasteiger partial charge in [0.25, 0.3) is 0 Å². The van der Waals surface area contributed by atoms with Gasteiger partial charge in [0.15, 0.2) is 5.96 Å². The standard InChI is InChI=1S/C21H34FN5.HI/c1-3-23-21(24-14-17-7-5-11-26(2)15-17)25-19-9-6-12-27(16-19)20-10-4-8-18(22)13-20;/h4,8,10,13,17,19H,3,5-7,9,11-12,14-16H2,1-2H3,(H2,23,24,25);1H. The zero-order chi connectivity index (χ0) is 19.1. The zero-order valence-corrected chi connectivity index (χ0v) is 19.5. The van der Waals surface area contributed by atoms with Crippen LogP contribution < -0.4 is 15.5 Å². The summed E-state index contributed by atoms with van der Waals surface area (Å²) in [6.45, 7) is 8.03. The van der Waals surface area contributed by atoms with Gasteiger partial charge in [0.2, 0.25) is 0 Å². The summed E-state index contributed by atoms with van der Waals surface area (Å²) >= 11 is 0. The second-order valence-electron chi connectivity index (χ2n) is 7.90. The number of halogens is 2. The summed E-state index contributed by atoms with van der Waals surface area (Å²) in [6, 6.07) is 7.23. The summed E-state index contributed by atoms with van der Waals surface area (Å²) in [7, 11) is 2.20. The Morgan fingerprint density at radius 1 is 1.21 bits per heavy atom. The van der Waals surface area contributed by atoms with Crippen molar-refractivity contribution < 1.29 is 4.39 Å². The van der Waals surface area contributed by atoms with Gasteiger partial charge in [-0.3, -0.25) is 4.99 Å². The molecule has 2 saturated heterocycles. The molecule has 2 N–H and O–H groups in total. The van der Waals surface area contributed by atoms with E-state index >= 15 is 0 Å². The first-order chi connectivity index (χ1) is 13.1. The monoisotopic (exact) mass is 503 g/mol. The van der Waals surface area contributed by atoms with Gasteiger partial charge < -0.3 is 20.4 Å². The quantitative estimate of drug-likeness (QED) is 0.368. The largest absolute Gasteiger partial charge is 0.369 e. The number of rotatable bonds is 5. The molecule has 0 spiro atoms. The molecule has 1 aromatic carbocycles. The normalized spacial score (nSPS) is 23.8. The van der Waals surface area contributed by atoms with Gasteiger partial charge in [-0.25, -0.2) is 4.39 Å². The average Bonchev–Trinajstić information content (AvgIpc) is 2.67. The molecule has 2 fully saturated rings. The van der Waals surface area contributed by atoms with Crippen molar-refractivity contribution in [3.8, 4) is 0 Å². The molecule has 1 aromatic rings. The molecule has 0 bridgehead atoms. The van der Waals surface area contributed by atoms with Crippen molar-refractivity contribution in [1.82, 2.24) is 15.5 Å². The molecule has 0 aromatic heterocycles. The molecular formula is C21H35FIN5. The highest BCUT2D eigenvalue weighted by molar-refractivity contribution is 14.0. The number of likely N-dealkylation sites (tertiary alicyclic amines) is 1. The molecule has 2 atom stereocenters. The number of anilines is 1. The van der Waals surface area contributed by atoms with E-state index in [1.165, 1.54) is 25.5 Å². The van der Waals surface area contributed by atoms with E-state index in [9.17, 15) is 4.39 Å². The lowest BCUT2D eigenvalue weighted by Crippen LogP contribution is -2.51. The lowest BCUT2D eigenvalue weighted by atomic mass is 9.99. The van der Waals surface area contributed by atoms with Crippen LogP contribution in [0.15, 0.2) is 29.3 Å². The molecule has 2 aliphatic rings. The fraction of sp³-hybridized carbons (Fsp3) is 0.667. The Hall–Kier alpha value is -1.09. The van der Waals surface area contributed by atoms with Crippen LogP contribution in [-0.2, 0) is 0 Å². The molecular weight excluding hydrogens is 468 g/mol. The van der Waals surface area contributed by atoms with Crippen LogP contribution in [0.2, 0.25) is 0 Å². The molecule has 0 amide bonds. The van der Waals surface area contributed by atoms with Crippen LogP contribution in [0, 0.1) is 11.7 Å². The highest BCUT2D eigenvalue weighted by Gasteiger charge is 2.22. The lowest BCUT2D eigenvalue weighted by Gasteiger charge is -2.35. The molecule has 2 heterocycles. The van der Waals surface area contributed by atoms with Crippen LogP contribution in [0.1, 0.15) is 32.6 Å². The Labute approximate surface area is 186 Å². The highest BCUT2D eigenvalue weighted by Crippen LogP contribution is 2.21. The smallest absolute Gasteiger partial charge is 0.191 e. The fourth-order valence-corrected chi connectivity index (χ4v) is 4.16. The lowest BCUT2D eigenvalue weighted by molar-refractivity contribution is 0.214. The third-order valence-electron chi connectivity index (χ3n) is 5.51. The molecule has 0 saturated carbocycles. The Kier molecular flexibility index (Phi) is 9.77. The van der Waals surface area contributed by atoms with Crippen molar-refractivity contribution >= 4 is 35.6 Å². The molecule has 28 heavy (non-hydrogen) atoms. The van der Waals surface area contributed by atoms with Crippen LogP contribution in [-0.4, -0.2) is 63.2 Å². The summed E-state index contributed by atoms with van der Waals surface area (Å²) < 4.78 is 13.6.